The Balaban J connectivity index is 1.17. The molecule has 1 aliphatic carbocycles. The summed E-state index contributed by atoms with van der Waals surface area (Å²) in [6.07, 6.45) is 0.934. The Morgan fingerprint density at radius 2 is 1.69 bits per heavy atom. The van der Waals surface area contributed by atoms with Crippen molar-refractivity contribution in [3.63, 3.8) is 0 Å². The summed E-state index contributed by atoms with van der Waals surface area (Å²) < 4.78 is 5.54. The van der Waals surface area contributed by atoms with Crippen molar-refractivity contribution in [1.29, 1.82) is 0 Å². The van der Waals surface area contributed by atoms with Gasteiger partial charge in [0.2, 0.25) is 0 Å². The molecule has 2 aromatic carbocycles. The van der Waals surface area contributed by atoms with Crippen molar-refractivity contribution in [2.24, 2.45) is 5.41 Å². The number of aromatic nitrogens is 1. The van der Waals surface area contributed by atoms with Crippen LogP contribution in [-0.2, 0) is 16.1 Å². The van der Waals surface area contributed by atoms with Crippen molar-refractivity contribution in [2.75, 3.05) is 19.7 Å². The highest BCUT2D eigenvalue weighted by atomic mass is 16.5. The molecule has 1 aliphatic heterocycles. The standard InChI is InChI=1S/C27H25N3O5/c1-27(25(32)33)15-30(16-27)24(31)17-10-11-28-18(12-17)13-29-26(34)35-14-23-21-8-4-2-6-19(21)20-7-3-5-9-22(20)23/h2-12,23H,13-16H2,1H3,(H,29,34)(H,32,33). The molecule has 1 saturated heterocycles. The van der Waals surface area contributed by atoms with Crippen LogP contribution in [0.25, 0.3) is 11.1 Å². The van der Waals surface area contributed by atoms with Crippen molar-refractivity contribution >= 4 is 18.0 Å². The maximum atomic E-state index is 12.7. The van der Waals surface area contributed by atoms with Gasteiger partial charge in [-0.3, -0.25) is 14.6 Å². The summed E-state index contributed by atoms with van der Waals surface area (Å²) in [4.78, 5) is 42.1. The van der Waals surface area contributed by atoms with Crippen LogP contribution in [0.2, 0.25) is 0 Å². The van der Waals surface area contributed by atoms with Gasteiger partial charge >= 0.3 is 12.1 Å². The minimum Gasteiger partial charge on any atom is -0.481 e. The number of hydrogen-bond acceptors (Lipinski definition) is 5. The van der Waals surface area contributed by atoms with E-state index in [1.54, 1.807) is 19.1 Å². The molecule has 8 nitrogen and oxygen atoms in total. The monoisotopic (exact) mass is 471 g/mol. The van der Waals surface area contributed by atoms with Gasteiger partial charge in [-0.15, -0.1) is 0 Å². The summed E-state index contributed by atoms with van der Waals surface area (Å²) in [6, 6.07) is 19.4. The molecule has 0 atom stereocenters. The molecule has 0 spiro atoms. The van der Waals surface area contributed by atoms with Gasteiger partial charge in [0.05, 0.1) is 12.2 Å². The van der Waals surface area contributed by atoms with Gasteiger partial charge in [0.1, 0.15) is 12.0 Å². The summed E-state index contributed by atoms with van der Waals surface area (Å²) in [7, 11) is 0. The first kappa shape index (κ1) is 22.6. The van der Waals surface area contributed by atoms with Gasteiger partial charge < -0.3 is 20.1 Å². The van der Waals surface area contributed by atoms with Crippen LogP contribution in [-0.4, -0.2) is 52.7 Å². The molecule has 178 valence electrons. The van der Waals surface area contributed by atoms with Crippen LogP contribution in [0, 0.1) is 5.41 Å². The number of carboxylic acids is 1. The number of likely N-dealkylation sites (tertiary alicyclic amines) is 1. The fourth-order valence-corrected chi connectivity index (χ4v) is 4.78. The predicted octanol–water partition coefficient (Wildman–Crippen LogP) is 3.67. The number of fused-ring (bicyclic) bond motifs is 3. The predicted molar refractivity (Wildman–Crippen MR) is 128 cm³/mol. The minimum absolute atomic E-state index is 0.0276. The van der Waals surface area contributed by atoms with Gasteiger partial charge in [0.15, 0.2) is 0 Å². The number of carboxylic acid groups (broad SMARTS) is 1. The topological polar surface area (TPSA) is 109 Å². The molecule has 35 heavy (non-hydrogen) atoms. The van der Waals surface area contributed by atoms with E-state index < -0.39 is 17.5 Å². The number of alkyl carbamates (subject to hydrolysis) is 1. The van der Waals surface area contributed by atoms with E-state index in [0.717, 1.165) is 22.3 Å². The Hall–Kier alpha value is -4.20. The van der Waals surface area contributed by atoms with Gasteiger partial charge in [-0.1, -0.05) is 48.5 Å². The molecule has 3 aromatic rings. The Morgan fingerprint density at radius 3 is 2.31 bits per heavy atom. The highest BCUT2D eigenvalue weighted by Gasteiger charge is 2.47. The number of carbonyl (C=O) groups is 3. The normalized spacial score (nSPS) is 15.5. The lowest BCUT2D eigenvalue weighted by Crippen LogP contribution is -2.60. The Morgan fingerprint density at radius 1 is 1.06 bits per heavy atom. The number of aliphatic carboxylic acids is 1. The van der Waals surface area contributed by atoms with Crippen molar-refractivity contribution in [1.82, 2.24) is 15.2 Å². The van der Waals surface area contributed by atoms with Crippen LogP contribution < -0.4 is 5.32 Å². The van der Waals surface area contributed by atoms with Crippen molar-refractivity contribution in [2.45, 2.75) is 19.4 Å². The molecular weight excluding hydrogens is 446 g/mol. The van der Waals surface area contributed by atoms with Gasteiger partial charge in [-0.2, -0.15) is 0 Å². The number of carbonyl (C=O) groups excluding carboxylic acids is 2. The molecule has 2 heterocycles. The summed E-state index contributed by atoms with van der Waals surface area (Å²) in [5.41, 5.74) is 4.60. The third kappa shape index (κ3) is 4.23. The highest BCUT2D eigenvalue weighted by Crippen LogP contribution is 2.44. The Kier molecular flexibility index (Phi) is 5.72. The Bertz CT molecular complexity index is 1270. The van der Waals surface area contributed by atoms with Crippen LogP contribution in [0.15, 0.2) is 66.9 Å². The second-order valence-corrected chi connectivity index (χ2v) is 9.24. The number of nitrogens with one attached hydrogen (secondary N) is 1. The Labute approximate surface area is 202 Å². The summed E-state index contributed by atoms with van der Waals surface area (Å²) in [5, 5.41) is 11.9. The maximum absolute atomic E-state index is 12.7. The molecule has 0 radical (unpaired) electrons. The van der Waals surface area contributed by atoms with E-state index in [2.05, 4.69) is 34.6 Å². The molecule has 0 saturated carbocycles. The SMILES string of the molecule is CC1(C(=O)O)CN(C(=O)c2ccnc(CNC(=O)OCC3c4ccccc4-c4ccccc43)c2)C1. The molecular formula is C27H25N3O5. The number of nitrogens with zero attached hydrogens (tertiary/aromatic N) is 2. The lowest BCUT2D eigenvalue weighted by Gasteiger charge is -2.44. The van der Waals surface area contributed by atoms with E-state index in [4.69, 9.17) is 4.74 Å². The first-order chi connectivity index (χ1) is 16.9. The maximum Gasteiger partial charge on any atom is 0.407 e. The van der Waals surface area contributed by atoms with Crippen LogP contribution in [0.4, 0.5) is 4.79 Å². The van der Waals surface area contributed by atoms with Crippen LogP contribution in [0.1, 0.15) is 40.0 Å². The van der Waals surface area contributed by atoms with Crippen molar-refractivity contribution in [3.05, 3.63) is 89.2 Å². The zero-order valence-electron chi connectivity index (χ0n) is 19.2. The fourth-order valence-electron chi connectivity index (χ4n) is 4.78. The molecule has 1 fully saturated rings. The first-order valence-corrected chi connectivity index (χ1v) is 11.4. The van der Waals surface area contributed by atoms with Gasteiger partial charge in [0, 0.05) is 30.8 Å². The number of ether oxygens (including phenoxy) is 1. The molecule has 2 aliphatic rings. The number of pyridine rings is 1. The summed E-state index contributed by atoms with van der Waals surface area (Å²) in [5.74, 6) is -1.20. The summed E-state index contributed by atoms with van der Waals surface area (Å²) >= 11 is 0. The number of rotatable bonds is 6. The average molecular weight is 472 g/mol. The lowest BCUT2D eigenvalue weighted by molar-refractivity contribution is -0.155. The van der Waals surface area contributed by atoms with E-state index in [9.17, 15) is 19.5 Å². The van der Waals surface area contributed by atoms with E-state index >= 15 is 0 Å². The van der Waals surface area contributed by atoms with E-state index in [1.807, 2.05) is 24.3 Å². The van der Waals surface area contributed by atoms with E-state index in [1.165, 1.54) is 11.1 Å². The van der Waals surface area contributed by atoms with Crippen LogP contribution in [0.5, 0.6) is 0 Å². The van der Waals surface area contributed by atoms with Crippen LogP contribution in [0.3, 0.4) is 0 Å². The van der Waals surface area contributed by atoms with E-state index in [-0.39, 0.29) is 38.1 Å². The average Bonchev–Trinajstić information content (AvgIpc) is 3.17. The third-order valence-corrected chi connectivity index (χ3v) is 6.70. The zero-order chi connectivity index (χ0) is 24.6. The van der Waals surface area contributed by atoms with Gasteiger partial charge in [-0.05, 0) is 41.3 Å². The third-order valence-electron chi connectivity index (χ3n) is 6.70. The van der Waals surface area contributed by atoms with Crippen molar-refractivity contribution in [3.8, 4) is 11.1 Å². The molecule has 1 aromatic heterocycles. The number of hydrogen-bond donors (Lipinski definition) is 2. The van der Waals surface area contributed by atoms with Gasteiger partial charge in [0.25, 0.3) is 5.91 Å². The smallest absolute Gasteiger partial charge is 0.407 e. The van der Waals surface area contributed by atoms with E-state index in [0.29, 0.717) is 11.3 Å². The zero-order valence-corrected chi connectivity index (χ0v) is 19.2. The molecule has 0 bridgehead atoms. The molecule has 2 amide bonds. The number of benzene rings is 2. The molecule has 2 N–H and O–H groups in total. The molecule has 5 rings (SSSR count). The quantitative estimate of drug-likeness (QED) is 0.568. The van der Waals surface area contributed by atoms with Crippen molar-refractivity contribution < 1.29 is 24.2 Å². The second-order valence-electron chi connectivity index (χ2n) is 9.24. The molecule has 0 unspecified atom stereocenters. The van der Waals surface area contributed by atoms with Gasteiger partial charge in [-0.25, -0.2) is 4.79 Å². The molecule has 8 heteroatoms. The first-order valence-electron chi connectivity index (χ1n) is 11.4. The fraction of sp³-hybridized carbons (Fsp3) is 0.259. The minimum atomic E-state index is -0.913. The second kappa shape index (κ2) is 8.87. The lowest BCUT2D eigenvalue weighted by atomic mass is 9.82. The largest absolute Gasteiger partial charge is 0.481 e. The highest BCUT2D eigenvalue weighted by molar-refractivity contribution is 5.96. The van der Waals surface area contributed by atoms with Crippen LogP contribution >= 0.6 is 0 Å². The summed E-state index contributed by atoms with van der Waals surface area (Å²) in [6.45, 7) is 2.26. The number of amides is 2.